The van der Waals surface area contributed by atoms with Crippen molar-refractivity contribution >= 4 is 62.8 Å². The SMILES string of the molecule is CO[C@@]1(NC(=O)Cc2cccs2)C(=O)N2C(C(=O)O)=C(CSc3nnnn3CS(=O)(=O)O)CS[C@@H]21. The summed E-state index contributed by atoms with van der Waals surface area (Å²) in [5, 5.41) is 24.1. The highest BCUT2D eigenvalue weighted by Gasteiger charge is 2.66. The van der Waals surface area contributed by atoms with Gasteiger partial charge in [0.05, 0.1) is 6.42 Å². The number of carbonyl (C=O) groups is 3. The number of methoxy groups -OCH3 is 1. The maximum Gasteiger partial charge on any atom is 0.352 e. The number of rotatable bonds is 10. The number of nitrogens with one attached hydrogen (secondary N) is 1. The fourth-order valence-corrected chi connectivity index (χ4v) is 7.29. The third kappa shape index (κ3) is 5.07. The number of hydrogen-bond donors (Lipinski definition) is 3. The van der Waals surface area contributed by atoms with Crippen LogP contribution >= 0.6 is 34.9 Å². The smallest absolute Gasteiger partial charge is 0.352 e. The van der Waals surface area contributed by atoms with Gasteiger partial charge in [0.15, 0.2) is 5.88 Å². The van der Waals surface area contributed by atoms with Crippen LogP contribution in [0.1, 0.15) is 4.88 Å². The first-order valence-electron chi connectivity index (χ1n) is 9.69. The van der Waals surface area contributed by atoms with Gasteiger partial charge < -0.3 is 15.2 Å². The molecular formula is C17H18N6O8S4. The molecule has 2 aromatic heterocycles. The van der Waals surface area contributed by atoms with E-state index in [-0.39, 0.29) is 28.8 Å². The van der Waals surface area contributed by atoms with Crippen LogP contribution < -0.4 is 5.32 Å². The van der Waals surface area contributed by atoms with Gasteiger partial charge in [0.1, 0.15) is 11.1 Å². The van der Waals surface area contributed by atoms with Gasteiger partial charge in [-0.15, -0.1) is 28.2 Å². The molecule has 0 unspecified atom stereocenters. The lowest BCUT2D eigenvalue weighted by atomic mass is 9.98. The zero-order valence-electron chi connectivity index (χ0n) is 17.9. The third-order valence-corrected chi connectivity index (χ3v) is 8.90. The van der Waals surface area contributed by atoms with Crippen molar-refractivity contribution in [3.05, 3.63) is 33.7 Å². The van der Waals surface area contributed by atoms with E-state index in [0.717, 1.165) is 26.2 Å². The van der Waals surface area contributed by atoms with Crippen LogP contribution in [0.2, 0.25) is 0 Å². The molecule has 1 fully saturated rings. The van der Waals surface area contributed by atoms with Crippen LogP contribution in [0.3, 0.4) is 0 Å². The molecule has 2 aliphatic rings. The summed E-state index contributed by atoms with van der Waals surface area (Å²) in [6, 6.07) is 3.59. The Morgan fingerprint density at radius 1 is 1.43 bits per heavy atom. The Balaban J connectivity index is 1.52. The summed E-state index contributed by atoms with van der Waals surface area (Å²) in [6.07, 6.45) is 0.0508. The molecule has 0 bridgehead atoms. The molecule has 4 heterocycles. The van der Waals surface area contributed by atoms with E-state index in [9.17, 15) is 27.9 Å². The average Bonchev–Trinajstić information content (AvgIpc) is 3.45. The molecule has 35 heavy (non-hydrogen) atoms. The second-order valence-electron chi connectivity index (χ2n) is 7.30. The maximum absolute atomic E-state index is 13.1. The van der Waals surface area contributed by atoms with Crippen molar-refractivity contribution in [1.82, 2.24) is 30.4 Å². The van der Waals surface area contributed by atoms with Crippen LogP contribution in [0, 0.1) is 0 Å². The number of aromatic nitrogens is 4. The minimum absolute atomic E-state index is 0.0295. The van der Waals surface area contributed by atoms with Gasteiger partial charge in [0.2, 0.25) is 11.1 Å². The van der Waals surface area contributed by atoms with E-state index in [1.165, 1.54) is 30.2 Å². The number of carboxylic acids is 1. The summed E-state index contributed by atoms with van der Waals surface area (Å²) in [6.45, 7) is 0. The molecule has 3 N–H and O–H groups in total. The molecular weight excluding hydrogens is 544 g/mol. The Morgan fingerprint density at radius 3 is 2.83 bits per heavy atom. The Morgan fingerprint density at radius 2 is 2.20 bits per heavy atom. The number of aliphatic carboxylic acids is 1. The number of nitrogens with zero attached hydrogens (tertiary/aromatic N) is 5. The first-order valence-corrected chi connectivity index (χ1v) is 14.2. The monoisotopic (exact) mass is 562 g/mol. The Labute approximate surface area is 210 Å². The number of amides is 2. The predicted octanol–water partition coefficient (Wildman–Crippen LogP) is -0.373. The largest absolute Gasteiger partial charge is 0.477 e. The fraction of sp³-hybridized carbons (Fsp3) is 0.412. The summed E-state index contributed by atoms with van der Waals surface area (Å²) < 4.78 is 37.6. The molecule has 18 heteroatoms. The Bertz CT molecular complexity index is 1290. The van der Waals surface area contributed by atoms with Crippen LogP contribution in [0.4, 0.5) is 0 Å². The van der Waals surface area contributed by atoms with Crippen molar-refractivity contribution in [2.75, 3.05) is 18.6 Å². The normalized spacial score (nSPS) is 22.1. The molecule has 2 aromatic rings. The number of hydrogen-bond acceptors (Lipinski definition) is 12. The zero-order chi connectivity index (χ0) is 25.4. The standard InChI is InChI=1S/C17H18N6O8S4/c1-31-17(18-11(24)5-10-3-2-4-32-10)14(27)23-12(13(25)26)9(6-33-15(17)23)7-34-16-19-20-21-22(16)8-35(28,29)30/h2-4,15H,5-8H2,1H3,(H,18,24)(H,25,26)(H,28,29,30)/t15-,17+/m1/s1. The van der Waals surface area contributed by atoms with Gasteiger partial charge in [-0.05, 0) is 27.4 Å². The maximum atomic E-state index is 13.1. The lowest BCUT2D eigenvalue weighted by molar-refractivity contribution is -0.192. The molecule has 0 spiro atoms. The number of thioether (sulfide) groups is 2. The number of carbonyl (C=O) groups excluding carboxylic acids is 2. The van der Waals surface area contributed by atoms with Gasteiger partial charge in [-0.3, -0.25) is 19.0 Å². The van der Waals surface area contributed by atoms with Crippen molar-refractivity contribution in [3.8, 4) is 0 Å². The summed E-state index contributed by atoms with van der Waals surface area (Å²) in [5.74, 6) is -3.14. The van der Waals surface area contributed by atoms with Crippen molar-refractivity contribution in [1.29, 1.82) is 0 Å². The lowest BCUT2D eigenvalue weighted by Gasteiger charge is -2.55. The highest BCUT2D eigenvalue weighted by Crippen LogP contribution is 2.47. The Hall–Kier alpha value is -2.51. The molecule has 2 amide bonds. The molecule has 14 nitrogen and oxygen atoms in total. The topological polar surface area (TPSA) is 194 Å². The van der Waals surface area contributed by atoms with E-state index in [1.807, 2.05) is 5.38 Å². The van der Waals surface area contributed by atoms with Gasteiger partial charge in [-0.2, -0.15) is 8.42 Å². The highest BCUT2D eigenvalue weighted by atomic mass is 32.2. The summed E-state index contributed by atoms with van der Waals surface area (Å²) in [7, 11) is -3.13. The van der Waals surface area contributed by atoms with Crippen LogP contribution in [-0.4, -0.2) is 90.7 Å². The average molecular weight is 563 g/mol. The first-order chi connectivity index (χ1) is 16.6. The molecule has 0 aromatic carbocycles. The van der Waals surface area contributed by atoms with E-state index in [1.54, 1.807) is 12.1 Å². The molecule has 0 radical (unpaired) electrons. The minimum Gasteiger partial charge on any atom is -0.477 e. The van der Waals surface area contributed by atoms with Crippen molar-refractivity contribution in [2.24, 2.45) is 0 Å². The summed E-state index contributed by atoms with van der Waals surface area (Å²) >= 11 is 3.56. The van der Waals surface area contributed by atoms with Crippen molar-refractivity contribution < 1.29 is 37.2 Å². The van der Waals surface area contributed by atoms with E-state index >= 15 is 0 Å². The first kappa shape index (κ1) is 25.6. The Kier molecular flexibility index (Phi) is 7.21. The van der Waals surface area contributed by atoms with Crippen LogP contribution in [0.15, 0.2) is 33.9 Å². The fourth-order valence-electron chi connectivity index (χ4n) is 3.56. The van der Waals surface area contributed by atoms with Crippen LogP contribution in [0.5, 0.6) is 0 Å². The molecule has 188 valence electrons. The molecule has 2 atom stereocenters. The second kappa shape index (κ2) is 9.86. The van der Waals surface area contributed by atoms with E-state index in [2.05, 4.69) is 20.8 Å². The third-order valence-electron chi connectivity index (χ3n) is 5.03. The number of thiophene rings is 1. The molecule has 0 saturated carbocycles. The van der Waals surface area contributed by atoms with E-state index in [4.69, 9.17) is 9.29 Å². The zero-order valence-corrected chi connectivity index (χ0v) is 21.1. The van der Waals surface area contributed by atoms with Crippen molar-refractivity contribution in [2.45, 2.75) is 28.6 Å². The molecule has 0 aliphatic carbocycles. The molecule has 1 saturated heterocycles. The van der Waals surface area contributed by atoms with Gasteiger partial charge >= 0.3 is 5.97 Å². The van der Waals surface area contributed by atoms with Gasteiger partial charge in [-0.25, -0.2) is 9.48 Å². The number of ether oxygens (including phenoxy) is 1. The highest BCUT2D eigenvalue weighted by molar-refractivity contribution is 8.01. The number of carboxylic acid groups (broad SMARTS) is 1. The van der Waals surface area contributed by atoms with E-state index in [0.29, 0.717) is 5.57 Å². The molecule has 2 aliphatic heterocycles. The second-order valence-corrected chi connectivity index (χ2v) is 11.8. The van der Waals surface area contributed by atoms with Crippen LogP contribution in [0.25, 0.3) is 0 Å². The summed E-state index contributed by atoms with van der Waals surface area (Å²) in [4.78, 5) is 39.7. The van der Waals surface area contributed by atoms with Crippen LogP contribution in [-0.2, 0) is 41.5 Å². The quantitative estimate of drug-likeness (QED) is 0.147. The molecule has 4 rings (SSSR count). The number of tetrazole rings is 1. The van der Waals surface area contributed by atoms with Gasteiger partial charge in [-0.1, -0.05) is 17.8 Å². The number of fused-ring (bicyclic) bond motifs is 1. The van der Waals surface area contributed by atoms with E-state index < -0.39 is 44.9 Å². The van der Waals surface area contributed by atoms with Gasteiger partial charge in [0, 0.05) is 23.5 Å². The van der Waals surface area contributed by atoms with Crippen molar-refractivity contribution in [3.63, 3.8) is 0 Å². The minimum atomic E-state index is -4.40. The summed E-state index contributed by atoms with van der Waals surface area (Å²) in [5.41, 5.74) is -1.58. The number of β-lactam (4-membered cyclic amide) rings is 1. The van der Waals surface area contributed by atoms with Gasteiger partial charge in [0.25, 0.3) is 21.8 Å². The predicted molar refractivity (Wildman–Crippen MR) is 124 cm³/mol. The lowest BCUT2D eigenvalue weighted by Crippen LogP contribution is -2.80.